The van der Waals surface area contributed by atoms with Crippen LogP contribution in [0.2, 0.25) is 0 Å². The first-order valence-electron chi connectivity index (χ1n) is 9.56. The summed E-state index contributed by atoms with van der Waals surface area (Å²) in [4.78, 5) is 25.0. The molecule has 4 rings (SSSR count). The van der Waals surface area contributed by atoms with Crippen LogP contribution in [0.15, 0.2) is 84.9 Å². The minimum Gasteiger partial charge on any atom is -0.452 e. The maximum absolute atomic E-state index is 12.6. The molecule has 4 heteroatoms. The molecule has 0 aliphatic heterocycles. The summed E-state index contributed by atoms with van der Waals surface area (Å²) in [5.74, 6) is -0.783. The molecule has 4 aromatic rings. The van der Waals surface area contributed by atoms with E-state index < -0.39 is 12.1 Å². The standard InChI is InChI=1S/C25H21NO3/c1-17(25(28)26-23-15-7-11-19-9-3-5-14-22(19)23)29-24(27)16-20-12-6-10-18-8-2-4-13-21(18)20/h2-15,17H,16H2,1H3,(H,26,28)/t17-/m0/s1. The van der Waals surface area contributed by atoms with Crippen molar-refractivity contribution >= 4 is 39.1 Å². The first-order valence-corrected chi connectivity index (χ1v) is 9.56. The molecule has 0 aromatic heterocycles. The van der Waals surface area contributed by atoms with E-state index in [1.165, 1.54) is 0 Å². The highest BCUT2D eigenvalue weighted by atomic mass is 16.5. The number of fused-ring (bicyclic) bond motifs is 2. The fourth-order valence-corrected chi connectivity index (χ4v) is 3.46. The Hall–Kier alpha value is -3.66. The molecule has 1 N–H and O–H groups in total. The summed E-state index contributed by atoms with van der Waals surface area (Å²) >= 11 is 0. The monoisotopic (exact) mass is 383 g/mol. The van der Waals surface area contributed by atoms with Gasteiger partial charge in [0.25, 0.3) is 5.91 Å². The summed E-state index contributed by atoms with van der Waals surface area (Å²) in [6, 6.07) is 27.2. The third-order valence-corrected chi connectivity index (χ3v) is 4.94. The number of amides is 1. The number of rotatable bonds is 5. The summed E-state index contributed by atoms with van der Waals surface area (Å²) in [6.45, 7) is 1.58. The highest BCUT2D eigenvalue weighted by molar-refractivity contribution is 6.03. The van der Waals surface area contributed by atoms with Crippen LogP contribution in [0.3, 0.4) is 0 Å². The Balaban J connectivity index is 1.43. The van der Waals surface area contributed by atoms with Crippen molar-refractivity contribution < 1.29 is 14.3 Å². The van der Waals surface area contributed by atoms with Crippen molar-refractivity contribution in [2.45, 2.75) is 19.4 Å². The van der Waals surface area contributed by atoms with E-state index in [0.29, 0.717) is 5.69 Å². The topological polar surface area (TPSA) is 55.4 Å². The van der Waals surface area contributed by atoms with E-state index in [-0.39, 0.29) is 12.3 Å². The summed E-state index contributed by atoms with van der Waals surface area (Å²) < 4.78 is 5.40. The molecule has 0 saturated carbocycles. The number of hydrogen-bond donors (Lipinski definition) is 1. The van der Waals surface area contributed by atoms with Gasteiger partial charge in [-0.3, -0.25) is 9.59 Å². The van der Waals surface area contributed by atoms with E-state index in [1.807, 2.05) is 84.9 Å². The Kier molecular flexibility index (Phi) is 5.25. The Bertz CT molecular complexity index is 1190. The third kappa shape index (κ3) is 4.11. The second-order valence-electron chi connectivity index (χ2n) is 6.96. The number of benzene rings is 4. The molecule has 0 saturated heterocycles. The maximum atomic E-state index is 12.6. The van der Waals surface area contributed by atoms with Gasteiger partial charge in [0.2, 0.25) is 0 Å². The van der Waals surface area contributed by atoms with Gasteiger partial charge in [0, 0.05) is 11.1 Å². The number of carbonyl (C=O) groups excluding carboxylic acids is 2. The number of nitrogens with one attached hydrogen (secondary N) is 1. The maximum Gasteiger partial charge on any atom is 0.311 e. The normalized spacial score (nSPS) is 11.9. The molecule has 1 atom stereocenters. The molecule has 4 aromatic carbocycles. The summed E-state index contributed by atoms with van der Waals surface area (Å²) in [6.07, 6.45) is -0.774. The van der Waals surface area contributed by atoms with Crippen LogP contribution in [0.4, 0.5) is 5.69 Å². The predicted molar refractivity (Wildman–Crippen MR) is 116 cm³/mol. The molecule has 29 heavy (non-hydrogen) atoms. The van der Waals surface area contributed by atoms with Crippen molar-refractivity contribution in [2.75, 3.05) is 5.32 Å². The molecule has 0 aliphatic carbocycles. The van der Waals surface area contributed by atoms with E-state index in [4.69, 9.17) is 4.74 Å². The largest absolute Gasteiger partial charge is 0.452 e. The summed E-state index contributed by atoms with van der Waals surface area (Å²) in [7, 11) is 0. The van der Waals surface area contributed by atoms with Crippen LogP contribution in [-0.4, -0.2) is 18.0 Å². The van der Waals surface area contributed by atoms with Crippen LogP contribution in [0, 0.1) is 0 Å². The fourth-order valence-electron chi connectivity index (χ4n) is 3.46. The highest BCUT2D eigenvalue weighted by Gasteiger charge is 2.19. The quantitative estimate of drug-likeness (QED) is 0.488. The Labute approximate surface area is 169 Å². The van der Waals surface area contributed by atoms with Gasteiger partial charge in [-0.15, -0.1) is 0 Å². The van der Waals surface area contributed by atoms with Crippen LogP contribution in [-0.2, 0) is 20.7 Å². The zero-order chi connectivity index (χ0) is 20.2. The lowest BCUT2D eigenvalue weighted by atomic mass is 10.0. The second-order valence-corrected chi connectivity index (χ2v) is 6.96. The van der Waals surface area contributed by atoms with Gasteiger partial charge in [0.1, 0.15) is 0 Å². The zero-order valence-corrected chi connectivity index (χ0v) is 16.1. The SMILES string of the molecule is C[C@H](OC(=O)Cc1cccc2ccccc12)C(=O)Nc1cccc2ccccc12. The molecular weight excluding hydrogens is 362 g/mol. The van der Waals surface area contributed by atoms with Crippen molar-refractivity contribution in [1.29, 1.82) is 0 Å². The molecule has 0 bridgehead atoms. The van der Waals surface area contributed by atoms with E-state index >= 15 is 0 Å². The zero-order valence-electron chi connectivity index (χ0n) is 16.1. The average Bonchev–Trinajstić information content (AvgIpc) is 2.74. The van der Waals surface area contributed by atoms with E-state index in [1.54, 1.807) is 6.92 Å². The van der Waals surface area contributed by atoms with Crippen molar-refractivity contribution in [3.05, 3.63) is 90.5 Å². The molecule has 4 nitrogen and oxygen atoms in total. The summed E-state index contributed by atoms with van der Waals surface area (Å²) in [5.41, 5.74) is 1.58. The number of ether oxygens (including phenoxy) is 1. The first kappa shape index (κ1) is 18.7. The first-order chi connectivity index (χ1) is 14.1. The molecule has 0 heterocycles. The van der Waals surface area contributed by atoms with Crippen LogP contribution >= 0.6 is 0 Å². The summed E-state index contributed by atoms with van der Waals surface area (Å²) in [5, 5.41) is 6.93. The van der Waals surface area contributed by atoms with Crippen molar-refractivity contribution in [1.82, 2.24) is 0 Å². The predicted octanol–water partition coefficient (Wildman–Crippen LogP) is 5.11. The minimum atomic E-state index is -0.892. The Morgan fingerprint density at radius 2 is 1.38 bits per heavy atom. The molecule has 0 unspecified atom stereocenters. The van der Waals surface area contributed by atoms with Gasteiger partial charge >= 0.3 is 5.97 Å². The second kappa shape index (κ2) is 8.15. The lowest BCUT2D eigenvalue weighted by Crippen LogP contribution is -2.30. The number of carbonyl (C=O) groups is 2. The Morgan fingerprint density at radius 3 is 2.14 bits per heavy atom. The van der Waals surface area contributed by atoms with E-state index in [2.05, 4.69) is 5.32 Å². The van der Waals surface area contributed by atoms with Gasteiger partial charge < -0.3 is 10.1 Å². The van der Waals surface area contributed by atoms with Gasteiger partial charge in [0.05, 0.1) is 6.42 Å². The molecule has 0 spiro atoms. The number of esters is 1. The van der Waals surface area contributed by atoms with Gasteiger partial charge in [0.15, 0.2) is 6.10 Å². The highest BCUT2D eigenvalue weighted by Crippen LogP contribution is 2.23. The van der Waals surface area contributed by atoms with Crippen molar-refractivity contribution in [3.63, 3.8) is 0 Å². The molecule has 0 fully saturated rings. The van der Waals surface area contributed by atoms with E-state index in [0.717, 1.165) is 27.1 Å². The van der Waals surface area contributed by atoms with Gasteiger partial charge in [-0.1, -0.05) is 78.9 Å². The van der Waals surface area contributed by atoms with Crippen LogP contribution in [0.5, 0.6) is 0 Å². The van der Waals surface area contributed by atoms with Crippen LogP contribution in [0.1, 0.15) is 12.5 Å². The fraction of sp³-hybridized carbons (Fsp3) is 0.120. The molecule has 0 aliphatic rings. The Morgan fingerprint density at radius 1 is 0.793 bits per heavy atom. The molecule has 144 valence electrons. The number of anilines is 1. The molecule has 1 amide bonds. The van der Waals surface area contributed by atoms with Gasteiger partial charge in [-0.2, -0.15) is 0 Å². The lowest BCUT2D eigenvalue weighted by molar-refractivity contribution is -0.152. The van der Waals surface area contributed by atoms with Crippen LogP contribution in [0.25, 0.3) is 21.5 Å². The smallest absolute Gasteiger partial charge is 0.311 e. The van der Waals surface area contributed by atoms with Gasteiger partial charge in [-0.25, -0.2) is 0 Å². The minimum absolute atomic E-state index is 0.118. The molecule has 0 radical (unpaired) electrons. The average molecular weight is 383 g/mol. The van der Waals surface area contributed by atoms with Crippen molar-refractivity contribution in [2.24, 2.45) is 0 Å². The van der Waals surface area contributed by atoms with Crippen molar-refractivity contribution in [3.8, 4) is 0 Å². The van der Waals surface area contributed by atoms with Crippen LogP contribution < -0.4 is 5.32 Å². The van der Waals surface area contributed by atoms with Gasteiger partial charge in [-0.05, 0) is 34.7 Å². The number of hydrogen-bond acceptors (Lipinski definition) is 3. The third-order valence-electron chi connectivity index (χ3n) is 4.94. The van der Waals surface area contributed by atoms with E-state index in [9.17, 15) is 9.59 Å². The molecular formula is C25H21NO3. The lowest BCUT2D eigenvalue weighted by Gasteiger charge is -2.15.